The van der Waals surface area contributed by atoms with Crippen LogP contribution in [0.1, 0.15) is 55.7 Å². The fraction of sp³-hybridized carbons (Fsp3) is 0.474. The van der Waals surface area contributed by atoms with Gasteiger partial charge in [-0.1, -0.05) is 32.9 Å². The first-order valence-electron chi connectivity index (χ1n) is 8.47. The molecule has 1 atom stereocenters. The Kier molecular flexibility index (Phi) is 8.05. The van der Waals surface area contributed by atoms with Crippen LogP contribution in [0, 0.1) is 6.92 Å². The van der Waals surface area contributed by atoms with Crippen molar-refractivity contribution in [1.29, 1.82) is 0 Å². The number of rotatable bonds is 4. The monoisotopic (exact) mass is 399 g/mol. The Labute approximate surface area is 160 Å². The molecule has 0 saturated carbocycles. The maximum Gasteiger partial charge on any atom is 0.352 e. The lowest BCUT2D eigenvalue weighted by Gasteiger charge is -2.22. The Balaban J connectivity index is 0.000000765. The predicted molar refractivity (Wildman–Crippen MR) is 110 cm³/mol. The van der Waals surface area contributed by atoms with Crippen molar-refractivity contribution in [3.63, 3.8) is 0 Å². The molecule has 0 bridgehead atoms. The molecule has 0 aliphatic carbocycles. The summed E-state index contributed by atoms with van der Waals surface area (Å²) in [6, 6.07) is 11.3. The maximum atomic E-state index is 11.8. The summed E-state index contributed by atoms with van der Waals surface area (Å²) >= 11 is 1.39. The molecule has 1 heterocycles. The zero-order valence-corrected chi connectivity index (χ0v) is 17.9. The van der Waals surface area contributed by atoms with E-state index >= 15 is 0 Å². The molecule has 146 valence electrons. The molecule has 0 aliphatic heterocycles. The van der Waals surface area contributed by atoms with Crippen LogP contribution in [0.4, 0.5) is 5.69 Å². The largest absolute Gasteiger partial charge is 0.394 e. The highest BCUT2D eigenvalue weighted by Gasteiger charge is 2.31. The van der Waals surface area contributed by atoms with Crippen molar-refractivity contribution in [2.45, 2.75) is 58.8 Å². The molecular formula is C19H30NO4PS. The Hall–Kier alpha value is -1.17. The topological polar surface area (TPSA) is 89.8 Å². The van der Waals surface area contributed by atoms with Crippen LogP contribution in [0.15, 0.2) is 36.4 Å². The molecule has 0 amide bonds. The van der Waals surface area contributed by atoms with Crippen LogP contribution in [0.2, 0.25) is 0 Å². The molecule has 0 radical (unpaired) electrons. The van der Waals surface area contributed by atoms with E-state index in [1.807, 2.05) is 37.3 Å². The van der Waals surface area contributed by atoms with Crippen molar-refractivity contribution < 1.29 is 19.5 Å². The SMILES string of the molecule is CC(C)O.Cc1ccc(C(Nc2ccc(C(C)(C)C)cc2)P(=O)(O)O)s1. The minimum atomic E-state index is -4.29. The molecule has 2 aromatic rings. The van der Waals surface area contributed by atoms with Crippen molar-refractivity contribution in [1.82, 2.24) is 0 Å². The van der Waals surface area contributed by atoms with Gasteiger partial charge >= 0.3 is 7.60 Å². The Bertz CT molecular complexity index is 726. The van der Waals surface area contributed by atoms with Crippen LogP contribution in [0.25, 0.3) is 0 Å². The van der Waals surface area contributed by atoms with Crippen molar-refractivity contribution >= 4 is 24.6 Å². The summed E-state index contributed by atoms with van der Waals surface area (Å²) < 4.78 is 11.8. The fourth-order valence-corrected chi connectivity index (χ4v) is 4.27. The molecule has 1 aromatic heterocycles. The van der Waals surface area contributed by atoms with Gasteiger partial charge < -0.3 is 20.2 Å². The van der Waals surface area contributed by atoms with E-state index in [-0.39, 0.29) is 11.5 Å². The van der Waals surface area contributed by atoms with Gasteiger partial charge in [0.1, 0.15) is 0 Å². The second-order valence-electron chi connectivity index (χ2n) is 7.51. The van der Waals surface area contributed by atoms with Crippen LogP contribution in [-0.2, 0) is 9.98 Å². The Morgan fingerprint density at radius 3 is 1.88 bits per heavy atom. The van der Waals surface area contributed by atoms with E-state index in [2.05, 4.69) is 26.1 Å². The molecule has 26 heavy (non-hydrogen) atoms. The lowest BCUT2D eigenvalue weighted by Crippen LogP contribution is -2.12. The Morgan fingerprint density at radius 2 is 1.54 bits per heavy atom. The summed E-state index contributed by atoms with van der Waals surface area (Å²) in [7, 11) is -4.29. The van der Waals surface area contributed by atoms with E-state index in [4.69, 9.17) is 5.11 Å². The minimum absolute atomic E-state index is 0.0477. The smallest absolute Gasteiger partial charge is 0.352 e. The standard InChI is InChI=1S/C16H22NO3PS.C3H8O/c1-11-5-10-14(22-11)15(21(18,19)20)17-13-8-6-12(7-9-13)16(2,3)4;1-3(2)4/h5-10,15,17H,1-4H3,(H2,18,19,20);3-4H,1-2H3. The summed E-state index contributed by atoms with van der Waals surface area (Å²) in [5.41, 5.74) is 1.93. The number of aryl methyl sites for hydroxylation is 1. The third kappa shape index (κ3) is 7.60. The van der Waals surface area contributed by atoms with E-state index in [1.165, 1.54) is 16.9 Å². The van der Waals surface area contributed by atoms with Gasteiger partial charge in [0.2, 0.25) is 0 Å². The number of hydrogen-bond acceptors (Lipinski definition) is 4. The van der Waals surface area contributed by atoms with Gasteiger partial charge in [-0.15, -0.1) is 11.3 Å². The number of hydrogen-bond donors (Lipinski definition) is 4. The number of thiophene rings is 1. The highest BCUT2D eigenvalue weighted by molar-refractivity contribution is 7.52. The molecule has 2 rings (SSSR count). The van der Waals surface area contributed by atoms with E-state index in [9.17, 15) is 14.4 Å². The molecule has 4 N–H and O–H groups in total. The van der Waals surface area contributed by atoms with E-state index in [0.717, 1.165) is 4.88 Å². The van der Waals surface area contributed by atoms with Crippen molar-refractivity contribution in [3.05, 3.63) is 51.7 Å². The summed E-state index contributed by atoms with van der Waals surface area (Å²) in [6.45, 7) is 11.7. The minimum Gasteiger partial charge on any atom is -0.394 e. The van der Waals surface area contributed by atoms with Crippen molar-refractivity contribution in [2.75, 3.05) is 5.32 Å². The average molecular weight is 399 g/mol. The molecule has 0 saturated heterocycles. The maximum absolute atomic E-state index is 11.8. The van der Waals surface area contributed by atoms with Gasteiger partial charge in [0.15, 0.2) is 5.78 Å². The second kappa shape index (κ2) is 9.16. The first-order chi connectivity index (χ1) is 11.8. The van der Waals surface area contributed by atoms with Crippen LogP contribution in [-0.4, -0.2) is 21.0 Å². The van der Waals surface area contributed by atoms with E-state index in [1.54, 1.807) is 19.9 Å². The molecule has 1 unspecified atom stereocenters. The lowest BCUT2D eigenvalue weighted by molar-refractivity contribution is 0.216. The molecule has 1 aromatic carbocycles. The zero-order valence-electron chi connectivity index (χ0n) is 16.2. The molecular weight excluding hydrogens is 369 g/mol. The summed E-state index contributed by atoms with van der Waals surface area (Å²) in [6.07, 6.45) is -0.167. The van der Waals surface area contributed by atoms with Crippen molar-refractivity contribution in [2.24, 2.45) is 0 Å². The highest BCUT2D eigenvalue weighted by Crippen LogP contribution is 2.53. The van der Waals surface area contributed by atoms with Gasteiger partial charge in [-0.05, 0) is 56.0 Å². The summed E-state index contributed by atoms with van der Waals surface area (Å²) in [5.74, 6) is -1.01. The number of nitrogens with one attached hydrogen (secondary N) is 1. The molecule has 5 nitrogen and oxygen atoms in total. The van der Waals surface area contributed by atoms with Gasteiger partial charge in [-0.25, -0.2) is 0 Å². The van der Waals surface area contributed by atoms with Gasteiger partial charge in [-0.2, -0.15) is 0 Å². The fourth-order valence-electron chi connectivity index (χ4n) is 2.15. The van der Waals surface area contributed by atoms with Crippen molar-refractivity contribution in [3.8, 4) is 0 Å². The highest BCUT2D eigenvalue weighted by atomic mass is 32.1. The first-order valence-corrected chi connectivity index (χ1v) is 11.0. The molecule has 0 aliphatic rings. The lowest BCUT2D eigenvalue weighted by atomic mass is 9.87. The first kappa shape index (κ1) is 22.9. The quantitative estimate of drug-likeness (QED) is 0.542. The number of aliphatic hydroxyl groups excluding tert-OH is 1. The number of anilines is 1. The van der Waals surface area contributed by atoms with Crippen LogP contribution in [0.5, 0.6) is 0 Å². The molecule has 7 heteroatoms. The van der Waals surface area contributed by atoms with Gasteiger partial charge in [0.05, 0.1) is 0 Å². The molecule has 0 spiro atoms. The van der Waals surface area contributed by atoms with Gasteiger partial charge in [0, 0.05) is 21.5 Å². The number of benzene rings is 1. The van der Waals surface area contributed by atoms with Crippen LogP contribution < -0.4 is 5.32 Å². The van der Waals surface area contributed by atoms with E-state index < -0.39 is 13.4 Å². The summed E-state index contributed by atoms with van der Waals surface area (Å²) in [4.78, 5) is 21.0. The summed E-state index contributed by atoms with van der Waals surface area (Å²) in [5, 5.41) is 11.0. The zero-order chi connectivity index (χ0) is 20.1. The third-order valence-electron chi connectivity index (χ3n) is 3.42. The third-order valence-corrected chi connectivity index (χ3v) is 5.74. The van der Waals surface area contributed by atoms with E-state index in [0.29, 0.717) is 10.6 Å². The van der Waals surface area contributed by atoms with Gasteiger partial charge in [0.25, 0.3) is 0 Å². The molecule has 0 fully saturated rings. The van der Waals surface area contributed by atoms with Crippen LogP contribution >= 0.6 is 18.9 Å². The van der Waals surface area contributed by atoms with Gasteiger partial charge in [-0.3, -0.25) is 4.57 Å². The normalized spacial score (nSPS) is 13.2. The average Bonchev–Trinajstić information content (AvgIpc) is 2.88. The van der Waals surface area contributed by atoms with Crippen LogP contribution in [0.3, 0.4) is 0 Å². The predicted octanol–water partition coefficient (Wildman–Crippen LogP) is 5.03. The second-order valence-corrected chi connectivity index (χ2v) is 10.5. The number of aliphatic hydroxyl groups is 1. The Morgan fingerprint density at radius 1 is 1.04 bits per heavy atom.